The Morgan fingerprint density at radius 1 is 0.944 bits per heavy atom. The molecule has 1 heterocycles. The fourth-order valence-corrected chi connectivity index (χ4v) is 4.46. The van der Waals surface area contributed by atoms with E-state index in [9.17, 15) is 18.0 Å². The predicted octanol–water partition coefficient (Wildman–Crippen LogP) is 6.88. The highest BCUT2D eigenvalue weighted by Crippen LogP contribution is 2.34. The van der Waals surface area contributed by atoms with Crippen LogP contribution in [0.4, 0.5) is 13.2 Å². The highest BCUT2D eigenvalue weighted by molar-refractivity contribution is 6.01. The van der Waals surface area contributed by atoms with Gasteiger partial charge in [-0.1, -0.05) is 60.7 Å². The molecule has 1 unspecified atom stereocenters. The largest absolute Gasteiger partial charge is 0.454 e. The molecule has 1 aliphatic heterocycles. The highest BCUT2D eigenvalue weighted by Gasteiger charge is 2.30. The van der Waals surface area contributed by atoms with Gasteiger partial charge >= 0.3 is 6.18 Å². The summed E-state index contributed by atoms with van der Waals surface area (Å²) < 4.78 is 50.1. The lowest BCUT2D eigenvalue weighted by Gasteiger charge is -2.28. The molecule has 0 aromatic heterocycles. The molecule has 0 N–H and O–H groups in total. The first kappa shape index (κ1) is 23.7. The lowest BCUT2D eigenvalue weighted by Crippen LogP contribution is -2.35. The van der Waals surface area contributed by atoms with E-state index >= 15 is 0 Å². The molecule has 0 fully saturated rings. The molecule has 0 saturated heterocycles. The molecule has 184 valence electrons. The van der Waals surface area contributed by atoms with Crippen molar-refractivity contribution >= 4 is 5.91 Å². The van der Waals surface area contributed by atoms with Crippen LogP contribution >= 0.6 is 0 Å². The first-order valence-corrected chi connectivity index (χ1v) is 11.7. The van der Waals surface area contributed by atoms with Crippen molar-refractivity contribution in [3.63, 3.8) is 0 Å². The zero-order chi connectivity index (χ0) is 25.1. The Bertz CT molecular complexity index is 1310. The van der Waals surface area contributed by atoms with Crippen molar-refractivity contribution in [2.75, 3.05) is 13.3 Å². The van der Waals surface area contributed by atoms with Gasteiger partial charge in [-0.25, -0.2) is 0 Å². The van der Waals surface area contributed by atoms with E-state index in [2.05, 4.69) is 12.2 Å². The van der Waals surface area contributed by atoms with Gasteiger partial charge in [0.15, 0.2) is 11.5 Å². The predicted molar refractivity (Wildman–Crippen MR) is 131 cm³/mol. The molecule has 0 bridgehead atoms. The average Bonchev–Trinajstić information content (AvgIpc) is 3.36. The van der Waals surface area contributed by atoms with Crippen LogP contribution in [-0.4, -0.2) is 24.1 Å². The monoisotopic (exact) mass is 491 g/mol. The summed E-state index contributed by atoms with van der Waals surface area (Å²) in [6.07, 6.45) is 4.53. The Hall–Kier alpha value is -4.00. The lowest BCUT2D eigenvalue weighted by atomic mass is 9.96. The summed E-state index contributed by atoms with van der Waals surface area (Å²) in [5.41, 5.74) is 1.75. The third-order valence-corrected chi connectivity index (χ3v) is 6.30. The molecule has 7 heteroatoms. The van der Waals surface area contributed by atoms with Crippen molar-refractivity contribution in [3.05, 3.63) is 108 Å². The second kappa shape index (κ2) is 9.93. The minimum Gasteiger partial charge on any atom is -0.454 e. The number of hydrogen-bond acceptors (Lipinski definition) is 3. The van der Waals surface area contributed by atoms with Gasteiger partial charge in [-0.3, -0.25) is 4.79 Å². The summed E-state index contributed by atoms with van der Waals surface area (Å²) in [6.45, 7) is 1.02. The zero-order valence-electron chi connectivity index (χ0n) is 19.4. The molecular weight excluding hydrogens is 467 g/mol. The molecule has 1 amide bonds. The summed E-state index contributed by atoms with van der Waals surface area (Å²) in [4.78, 5) is 15.7. The van der Waals surface area contributed by atoms with Crippen molar-refractivity contribution in [2.45, 2.75) is 19.1 Å². The number of ether oxygens (including phenoxy) is 2. The number of allylic oxidation sites excluding steroid dienone is 3. The third-order valence-electron chi connectivity index (χ3n) is 6.30. The number of nitrogens with zero attached hydrogens (tertiary/aromatic N) is 1. The van der Waals surface area contributed by atoms with Crippen LogP contribution in [0.1, 0.15) is 27.9 Å². The molecule has 4 nitrogen and oxygen atoms in total. The normalized spacial score (nSPS) is 16.2. The molecule has 2 aliphatic rings. The van der Waals surface area contributed by atoms with Gasteiger partial charge in [0.25, 0.3) is 5.91 Å². The van der Waals surface area contributed by atoms with Gasteiger partial charge < -0.3 is 14.4 Å². The van der Waals surface area contributed by atoms with Crippen LogP contribution in [-0.2, 0) is 12.7 Å². The van der Waals surface area contributed by atoms with E-state index in [4.69, 9.17) is 9.47 Å². The molecular formula is C29H24F3NO3. The van der Waals surface area contributed by atoms with E-state index in [1.54, 1.807) is 29.2 Å². The van der Waals surface area contributed by atoms with Crippen LogP contribution < -0.4 is 9.47 Å². The van der Waals surface area contributed by atoms with E-state index in [0.29, 0.717) is 41.3 Å². The van der Waals surface area contributed by atoms with Gasteiger partial charge in [0.1, 0.15) is 0 Å². The Morgan fingerprint density at radius 3 is 2.47 bits per heavy atom. The van der Waals surface area contributed by atoms with Crippen LogP contribution in [0.5, 0.6) is 11.5 Å². The first-order chi connectivity index (χ1) is 17.4. The number of benzene rings is 3. The number of rotatable bonds is 6. The lowest BCUT2D eigenvalue weighted by molar-refractivity contribution is -0.137. The van der Waals surface area contributed by atoms with Crippen LogP contribution in [0.25, 0.3) is 11.1 Å². The number of hydrogen-bond donors (Lipinski definition) is 0. The maximum Gasteiger partial charge on any atom is 0.416 e. The number of halogens is 3. The van der Waals surface area contributed by atoms with Gasteiger partial charge in [0, 0.05) is 18.7 Å². The van der Waals surface area contributed by atoms with Crippen molar-refractivity contribution in [2.24, 2.45) is 5.92 Å². The van der Waals surface area contributed by atoms with Gasteiger partial charge in [-0.15, -0.1) is 0 Å². The molecule has 5 rings (SSSR count). The van der Waals surface area contributed by atoms with Gasteiger partial charge in [0.2, 0.25) is 6.79 Å². The van der Waals surface area contributed by atoms with E-state index in [0.717, 1.165) is 24.1 Å². The van der Waals surface area contributed by atoms with E-state index in [1.165, 1.54) is 12.1 Å². The van der Waals surface area contributed by atoms with Crippen LogP contribution in [0.2, 0.25) is 0 Å². The number of alkyl halides is 3. The van der Waals surface area contributed by atoms with Crippen molar-refractivity contribution in [1.29, 1.82) is 0 Å². The minimum absolute atomic E-state index is 0.159. The van der Waals surface area contributed by atoms with Gasteiger partial charge in [-0.2, -0.15) is 13.2 Å². The third kappa shape index (κ3) is 5.15. The molecule has 3 aromatic carbocycles. The molecule has 36 heavy (non-hydrogen) atoms. The number of carbonyl (C=O) groups is 1. The summed E-state index contributed by atoms with van der Waals surface area (Å²) in [7, 11) is 0. The number of carbonyl (C=O) groups excluding carboxylic acids is 1. The second-order valence-electron chi connectivity index (χ2n) is 8.80. The maximum absolute atomic E-state index is 13.9. The maximum atomic E-state index is 13.9. The Balaban J connectivity index is 1.46. The minimum atomic E-state index is -4.42. The van der Waals surface area contributed by atoms with Crippen molar-refractivity contribution < 1.29 is 27.4 Å². The van der Waals surface area contributed by atoms with Crippen molar-refractivity contribution in [3.8, 4) is 22.6 Å². The zero-order valence-corrected chi connectivity index (χ0v) is 19.4. The number of amides is 1. The fraction of sp³-hybridized carbons (Fsp3) is 0.207. The van der Waals surface area contributed by atoms with Gasteiger partial charge in [0.05, 0.1) is 5.56 Å². The quantitative estimate of drug-likeness (QED) is 0.378. The first-order valence-electron chi connectivity index (χ1n) is 11.7. The number of fused-ring (bicyclic) bond motifs is 1. The topological polar surface area (TPSA) is 38.8 Å². The summed E-state index contributed by atoms with van der Waals surface area (Å²) in [5.74, 6) is 1.28. The van der Waals surface area contributed by atoms with Gasteiger partial charge in [-0.05, 0) is 59.4 Å². The molecule has 0 spiro atoms. The van der Waals surface area contributed by atoms with Crippen LogP contribution in [0.3, 0.4) is 0 Å². The average molecular weight is 492 g/mol. The Morgan fingerprint density at radius 2 is 1.72 bits per heavy atom. The smallest absolute Gasteiger partial charge is 0.416 e. The van der Waals surface area contributed by atoms with Crippen LogP contribution in [0.15, 0.2) is 91.0 Å². The van der Waals surface area contributed by atoms with E-state index < -0.39 is 11.7 Å². The molecule has 0 radical (unpaired) electrons. The second-order valence-corrected chi connectivity index (χ2v) is 8.80. The summed E-state index contributed by atoms with van der Waals surface area (Å²) in [6, 6.07) is 17.5. The Labute approximate surface area is 207 Å². The fourth-order valence-electron chi connectivity index (χ4n) is 4.46. The standard InChI is InChI=1S/C29H24F3NO3/c30-29(31,32)23-13-11-22(12-14-23)24-8-4-5-9-25(24)28(34)33(17-20-6-2-1-3-7-20)18-21-10-15-26-27(16-21)36-19-35-26/h1-6,8-16,20H,7,17-19H2. The summed E-state index contributed by atoms with van der Waals surface area (Å²) in [5, 5.41) is 0. The van der Waals surface area contributed by atoms with Crippen LogP contribution in [0, 0.1) is 5.92 Å². The van der Waals surface area contributed by atoms with E-state index in [1.807, 2.05) is 30.4 Å². The Kier molecular flexibility index (Phi) is 6.55. The highest BCUT2D eigenvalue weighted by atomic mass is 19.4. The summed E-state index contributed by atoms with van der Waals surface area (Å²) >= 11 is 0. The molecule has 1 atom stereocenters. The SMILES string of the molecule is O=C(c1ccccc1-c1ccc(C(F)(F)F)cc1)N(Cc1ccc2c(c1)OCO2)CC1C=CC=CC1. The molecule has 0 saturated carbocycles. The molecule has 1 aliphatic carbocycles. The molecule has 3 aromatic rings. The van der Waals surface area contributed by atoms with Crippen molar-refractivity contribution in [1.82, 2.24) is 4.90 Å². The van der Waals surface area contributed by atoms with E-state index in [-0.39, 0.29) is 18.6 Å².